The van der Waals surface area contributed by atoms with Gasteiger partial charge in [-0.15, -0.1) is 0 Å². The molecule has 27 heavy (non-hydrogen) atoms. The van der Waals surface area contributed by atoms with E-state index < -0.39 is 0 Å². The minimum atomic E-state index is 0.295. The van der Waals surface area contributed by atoms with Gasteiger partial charge < -0.3 is 9.26 Å². The molecule has 1 fully saturated rings. The van der Waals surface area contributed by atoms with Crippen LogP contribution in [-0.2, 0) is 6.54 Å². The fourth-order valence-electron chi connectivity index (χ4n) is 3.87. The summed E-state index contributed by atoms with van der Waals surface area (Å²) in [4.78, 5) is 2.53. The molecular weight excluding hydrogens is 340 g/mol. The molecule has 1 aliphatic rings. The van der Waals surface area contributed by atoms with Crippen LogP contribution in [0.1, 0.15) is 47.8 Å². The summed E-state index contributed by atoms with van der Waals surface area (Å²) in [6, 6.07) is 8.63. The Hall–Kier alpha value is -2.60. The van der Waals surface area contributed by atoms with Crippen molar-refractivity contribution in [2.45, 2.75) is 45.7 Å². The van der Waals surface area contributed by atoms with Crippen molar-refractivity contribution in [1.82, 2.24) is 20.3 Å². The summed E-state index contributed by atoms with van der Waals surface area (Å²) in [5.41, 5.74) is 5.45. The number of aromatic amines is 1. The van der Waals surface area contributed by atoms with Gasteiger partial charge in [-0.2, -0.15) is 5.10 Å². The molecule has 1 aromatic carbocycles. The van der Waals surface area contributed by atoms with Gasteiger partial charge in [0.2, 0.25) is 0 Å². The number of H-pyrrole nitrogens is 1. The van der Waals surface area contributed by atoms with E-state index in [9.17, 15) is 0 Å². The van der Waals surface area contributed by atoms with Crippen molar-refractivity contribution in [1.29, 1.82) is 0 Å². The van der Waals surface area contributed by atoms with Crippen LogP contribution < -0.4 is 4.74 Å². The standard InChI is InChI=1S/C21H26N4O2/c1-14-15(2)24-27-21(14)18-12-22-23-20(18)19-6-4-5-11-25(19)13-16-7-9-17(26-3)10-8-16/h7-10,12,19H,4-6,11,13H2,1-3H3,(H,22,23)/t19-/m0/s1. The van der Waals surface area contributed by atoms with Crippen LogP contribution in [0.15, 0.2) is 35.0 Å². The molecule has 142 valence electrons. The SMILES string of the molecule is COc1ccc(CN2CCCC[C@H]2c2[nH]ncc2-c2onc(C)c2C)cc1. The number of hydrogen-bond donors (Lipinski definition) is 1. The van der Waals surface area contributed by atoms with Crippen LogP contribution in [0.5, 0.6) is 5.75 Å². The molecule has 6 heteroatoms. The number of nitrogens with zero attached hydrogens (tertiary/aromatic N) is 3. The number of ether oxygens (including phenoxy) is 1. The van der Waals surface area contributed by atoms with E-state index in [4.69, 9.17) is 9.26 Å². The first-order chi connectivity index (χ1) is 13.2. The number of likely N-dealkylation sites (tertiary alicyclic amines) is 1. The molecule has 1 atom stereocenters. The van der Waals surface area contributed by atoms with Crippen LogP contribution in [0.2, 0.25) is 0 Å². The zero-order valence-electron chi connectivity index (χ0n) is 16.2. The van der Waals surface area contributed by atoms with Crippen LogP contribution in [0, 0.1) is 13.8 Å². The van der Waals surface area contributed by atoms with Crippen molar-refractivity contribution in [2.24, 2.45) is 0 Å². The summed E-state index contributed by atoms with van der Waals surface area (Å²) >= 11 is 0. The average Bonchev–Trinajstić information content (AvgIpc) is 3.30. The molecule has 0 spiro atoms. The summed E-state index contributed by atoms with van der Waals surface area (Å²) in [7, 11) is 1.70. The molecule has 2 aromatic heterocycles. The number of piperidine rings is 1. The van der Waals surface area contributed by atoms with Gasteiger partial charge in [0.05, 0.1) is 36.3 Å². The van der Waals surface area contributed by atoms with Crippen LogP contribution in [0.3, 0.4) is 0 Å². The van der Waals surface area contributed by atoms with Crippen molar-refractivity contribution >= 4 is 0 Å². The summed E-state index contributed by atoms with van der Waals surface area (Å²) in [5.74, 6) is 1.71. The number of rotatable bonds is 5. The Morgan fingerprint density at radius 3 is 2.74 bits per heavy atom. The molecule has 3 aromatic rings. The van der Waals surface area contributed by atoms with E-state index in [1.165, 1.54) is 18.4 Å². The van der Waals surface area contributed by atoms with E-state index in [-0.39, 0.29) is 0 Å². The molecular formula is C21H26N4O2. The highest BCUT2D eigenvalue weighted by molar-refractivity contribution is 5.64. The lowest BCUT2D eigenvalue weighted by molar-refractivity contribution is 0.137. The fourth-order valence-corrected chi connectivity index (χ4v) is 3.87. The van der Waals surface area contributed by atoms with Gasteiger partial charge in [0.1, 0.15) is 5.75 Å². The van der Waals surface area contributed by atoms with Crippen LogP contribution in [0.25, 0.3) is 11.3 Å². The summed E-state index contributed by atoms with van der Waals surface area (Å²) in [5, 5.41) is 11.7. The molecule has 0 radical (unpaired) electrons. The molecule has 0 bridgehead atoms. The summed E-state index contributed by atoms with van der Waals surface area (Å²) in [6.07, 6.45) is 5.41. The highest BCUT2D eigenvalue weighted by atomic mass is 16.5. The molecule has 6 nitrogen and oxygen atoms in total. The fraction of sp³-hybridized carbons (Fsp3) is 0.429. The molecule has 0 saturated carbocycles. The number of methoxy groups -OCH3 is 1. The van der Waals surface area contributed by atoms with E-state index in [2.05, 4.69) is 32.4 Å². The van der Waals surface area contributed by atoms with Crippen LogP contribution in [0.4, 0.5) is 0 Å². The second-order valence-electron chi connectivity index (χ2n) is 7.25. The third-order valence-corrected chi connectivity index (χ3v) is 5.56. The van der Waals surface area contributed by atoms with Gasteiger partial charge >= 0.3 is 0 Å². The topological polar surface area (TPSA) is 67.2 Å². The minimum Gasteiger partial charge on any atom is -0.497 e. The van der Waals surface area contributed by atoms with E-state index in [1.54, 1.807) is 7.11 Å². The average molecular weight is 366 g/mol. The highest BCUT2D eigenvalue weighted by Gasteiger charge is 2.29. The van der Waals surface area contributed by atoms with E-state index >= 15 is 0 Å². The predicted octanol–water partition coefficient (Wildman–Crippen LogP) is 4.42. The monoisotopic (exact) mass is 366 g/mol. The molecule has 1 saturated heterocycles. The number of nitrogens with one attached hydrogen (secondary N) is 1. The molecule has 0 amide bonds. The Balaban J connectivity index is 1.61. The van der Waals surface area contributed by atoms with Crippen molar-refractivity contribution in [2.75, 3.05) is 13.7 Å². The van der Waals surface area contributed by atoms with Crippen molar-refractivity contribution in [3.8, 4) is 17.1 Å². The molecule has 0 unspecified atom stereocenters. The van der Waals surface area contributed by atoms with Crippen molar-refractivity contribution in [3.63, 3.8) is 0 Å². The Kier molecular flexibility index (Phi) is 4.99. The maximum absolute atomic E-state index is 5.61. The first kappa shape index (κ1) is 17.8. The number of aryl methyl sites for hydroxylation is 1. The smallest absolute Gasteiger partial charge is 0.173 e. The van der Waals surface area contributed by atoms with E-state index in [0.29, 0.717) is 6.04 Å². The van der Waals surface area contributed by atoms with Crippen molar-refractivity contribution < 1.29 is 9.26 Å². The Bertz CT molecular complexity index is 897. The van der Waals surface area contributed by atoms with Gasteiger partial charge in [-0.05, 0) is 50.9 Å². The number of benzene rings is 1. The maximum atomic E-state index is 5.61. The second-order valence-corrected chi connectivity index (χ2v) is 7.25. The largest absolute Gasteiger partial charge is 0.497 e. The number of aromatic nitrogens is 3. The van der Waals surface area contributed by atoms with Crippen molar-refractivity contribution in [3.05, 3.63) is 53.0 Å². The van der Waals surface area contributed by atoms with Gasteiger partial charge in [-0.25, -0.2) is 0 Å². The normalized spacial score (nSPS) is 18.0. The third-order valence-electron chi connectivity index (χ3n) is 5.56. The quantitative estimate of drug-likeness (QED) is 0.724. The molecule has 1 aliphatic heterocycles. The maximum Gasteiger partial charge on any atom is 0.173 e. The molecule has 0 aliphatic carbocycles. The van der Waals surface area contributed by atoms with Gasteiger partial charge in [0.15, 0.2) is 5.76 Å². The summed E-state index contributed by atoms with van der Waals surface area (Å²) in [6.45, 7) is 6.00. The number of hydrogen-bond acceptors (Lipinski definition) is 5. The summed E-state index contributed by atoms with van der Waals surface area (Å²) < 4.78 is 10.9. The van der Waals surface area contributed by atoms with Crippen LogP contribution in [-0.4, -0.2) is 33.9 Å². The lowest BCUT2D eigenvalue weighted by Crippen LogP contribution is -2.33. The van der Waals surface area contributed by atoms with E-state index in [0.717, 1.165) is 53.5 Å². The van der Waals surface area contributed by atoms with Gasteiger partial charge in [-0.3, -0.25) is 10.00 Å². The second kappa shape index (κ2) is 7.56. The van der Waals surface area contributed by atoms with Gasteiger partial charge in [0.25, 0.3) is 0 Å². The van der Waals surface area contributed by atoms with Gasteiger partial charge in [0, 0.05) is 12.1 Å². The zero-order chi connectivity index (χ0) is 18.8. The Labute approximate surface area is 159 Å². The Morgan fingerprint density at radius 1 is 1.22 bits per heavy atom. The zero-order valence-corrected chi connectivity index (χ0v) is 16.2. The van der Waals surface area contributed by atoms with Gasteiger partial charge in [-0.1, -0.05) is 23.7 Å². The third kappa shape index (κ3) is 3.49. The first-order valence-electron chi connectivity index (χ1n) is 9.51. The molecule has 1 N–H and O–H groups in total. The van der Waals surface area contributed by atoms with E-state index in [1.807, 2.05) is 32.2 Å². The Morgan fingerprint density at radius 2 is 2.04 bits per heavy atom. The molecule has 4 rings (SSSR count). The minimum absolute atomic E-state index is 0.295. The lowest BCUT2D eigenvalue weighted by Gasteiger charge is -2.35. The molecule has 3 heterocycles. The first-order valence-corrected chi connectivity index (χ1v) is 9.51. The highest BCUT2D eigenvalue weighted by Crippen LogP contribution is 2.37. The lowest BCUT2D eigenvalue weighted by atomic mass is 9.95. The predicted molar refractivity (Wildman–Crippen MR) is 104 cm³/mol. The van der Waals surface area contributed by atoms with Crippen LogP contribution >= 0.6 is 0 Å².